The van der Waals surface area contributed by atoms with Gasteiger partial charge in [0.2, 0.25) is 0 Å². The van der Waals surface area contributed by atoms with Crippen LogP contribution in [0.4, 0.5) is 0 Å². The average Bonchev–Trinajstić information content (AvgIpc) is 2.38. The molecule has 0 amide bonds. The van der Waals surface area contributed by atoms with Crippen molar-refractivity contribution in [2.45, 2.75) is 41.2 Å². The molecule has 0 bridgehead atoms. The summed E-state index contributed by atoms with van der Waals surface area (Å²) in [5, 5.41) is 4.38. The van der Waals surface area contributed by atoms with E-state index < -0.39 is 0 Å². The predicted octanol–water partition coefficient (Wildman–Crippen LogP) is 2.49. The minimum Gasteiger partial charge on any atom is -0.250 e. The Morgan fingerprint density at radius 3 is 2.27 bits per heavy atom. The molecule has 1 aromatic heterocycles. The summed E-state index contributed by atoms with van der Waals surface area (Å²) in [7, 11) is 0. The topological polar surface area (TPSA) is 30.7 Å². The molecule has 0 aliphatic heterocycles. The maximum atomic E-state index is 4.42. The smallest absolute Gasteiger partial charge is 0.147 e. The molecule has 1 aromatic rings. The normalized spacial score (nSPS) is 14.3. The van der Waals surface area contributed by atoms with Crippen LogP contribution in [0, 0.1) is 25.2 Å². The van der Waals surface area contributed by atoms with Crippen LogP contribution in [0.2, 0.25) is 0 Å². The van der Waals surface area contributed by atoms with E-state index in [9.17, 15) is 0 Å². The fraction of sp³-hybridized carbons (Fsp3) is 0.818. The van der Waals surface area contributed by atoms with Crippen LogP contribution in [-0.4, -0.2) is 20.5 Å². The zero-order chi connectivity index (χ0) is 11.6. The highest BCUT2D eigenvalue weighted by Crippen LogP contribution is 2.28. The van der Waals surface area contributed by atoms with Gasteiger partial charge in [0.05, 0.1) is 0 Å². The molecular weight excluding hydrogens is 206 g/mol. The van der Waals surface area contributed by atoms with Crippen LogP contribution in [0.25, 0.3) is 0 Å². The van der Waals surface area contributed by atoms with E-state index in [1.165, 1.54) is 0 Å². The Bertz CT molecular complexity index is 325. The number of hydrogen-bond acceptors (Lipinski definition) is 3. The van der Waals surface area contributed by atoms with Gasteiger partial charge in [-0.1, -0.05) is 20.8 Å². The number of aromatic nitrogens is 3. The molecule has 86 valence electrons. The fourth-order valence-electron chi connectivity index (χ4n) is 1.55. The summed E-state index contributed by atoms with van der Waals surface area (Å²) in [5.41, 5.74) is 0.258. The van der Waals surface area contributed by atoms with Crippen LogP contribution in [0.5, 0.6) is 0 Å². The van der Waals surface area contributed by atoms with E-state index in [4.69, 9.17) is 0 Å². The Morgan fingerprint density at radius 2 is 1.93 bits per heavy atom. The Balaban J connectivity index is 2.80. The molecule has 15 heavy (non-hydrogen) atoms. The fourth-order valence-corrected chi connectivity index (χ4v) is 2.21. The van der Waals surface area contributed by atoms with E-state index in [0.29, 0.717) is 5.92 Å². The van der Waals surface area contributed by atoms with Gasteiger partial charge in [0.25, 0.3) is 0 Å². The second kappa shape index (κ2) is 4.56. The van der Waals surface area contributed by atoms with Crippen molar-refractivity contribution in [1.82, 2.24) is 14.8 Å². The monoisotopic (exact) mass is 227 g/mol. The molecule has 4 heteroatoms. The molecule has 1 rings (SSSR count). The lowest BCUT2D eigenvalue weighted by molar-refractivity contribution is 0.229. The largest absolute Gasteiger partial charge is 0.250 e. The molecular formula is C11H21N3S. The molecule has 0 aliphatic rings. The van der Waals surface area contributed by atoms with Gasteiger partial charge in [-0.2, -0.15) is 17.7 Å². The van der Waals surface area contributed by atoms with Crippen molar-refractivity contribution < 1.29 is 0 Å². The zero-order valence-corrected chi connectivity index (χ0v) is 11.2. The number of hydrogen-bond donors (Lipinski definition) is 1. The number of aryl methyl sites for hydroxylation is 2. The van der Waals surface area contributed by atoms with E-state index in [0.717, 1.165) is 23.9 Å². The molecule has 0 fully saturated rings. The summed E-state index contributed by atoms with van der Waals surface area (Å²) < 4.78 is 1.99. The second-order valence-corrected chi connectivity index (χ2v) is 5.50. The van der Waals surface area contributed by atoms with Gasteiger partial charge in [-0.3, -0.25) is 0 Å². The van der Waals surface area contributed by atoms with Gasteiger partial charge in [0, 0.05) is 6.54 Å². The van der Waals surface area contributed by atoms with Crippen molar-refractivity contribution in [3.63, 3.8) is 0 Å². The maximum Gasteiger partial charge on any atom is 0.147 e. The zero-order valence-electron chi connectivity index (χ0n) is 10.3. The van der Waals surface area contributed by atoms with Crippen molar-refractivity contribution >= 4 is 12.6 Å². The van der Waals surface area contributed by atoms with Gasteiger partial charge in [0.15, 0.2) is 0 Å². The van der Waals surface area contributed by atoms with Gasteiger partial charge < -0.3 is 0 Å². The third-order valence-corrected chi connectivity index (χ3v) is 3.24. The molecule has 0 saturated carbocycles. The van der Waals surface area contributed by atoms with Crippen LogP contribution >= 0.6 is 12.6 Å². The molecule has 3 nitrogen and oxygen atoms in total. The highest BCUT2D eigenvalue weighted by atomic mass is 32.1. The third kappa shape index (κ3) is 3.23. The molecule has 0 aromatic carbocycles. The number of rotatable bonds is 3. The van der Waals surface area contributed by atoms with Crippen LogP contribution in [0.15, 0.2) is 0 Å². The standard InChI is InChI=1S/C11H21N3S/c1-8-12-9(2)14(13-8)6-10(7-15)11(3,4)5/h10,15H,6-7H2,1-5H3. The maximum absolute atomic E-state index is 4.42. The lowest BCUT2D eigenvalue weighted by atomic mass is 9.82. The predicted molar refractivity (Wildman–Crippen MR) is 66.3 cm³/mol. The summed E-state index contributed by atoms with van der Waals surface area (Å²) in [6, 6.07) is 0. The summed E-state index contributed by atoms with van der Waals surface area (Å²) in [5.74, 6) is 3.23. The molecule has 0 N–H and O–H groups in total. The first-order valence-electron chi connectivity index (χ1n) is 5.33. The van der Waals surface area contributed by atoms with Crippen molar-refractivity contribution in [3.8, 4) is 0 Å². The lowest BCUT2D eigenvalue weighted by Gasteiger charge is -2.29. The van der Waals surface area contributed by atoms with E-state index in [1.54, 1.807) is 0 Å². The minimum atomic E-state index is 0.258. The molecule has 0 aliphatic carbocycles. The number of nitrogens with zero attached hydrogens (tertiary/aromatic N) is 3. The summed E-state index contributed by atoms with van der Waals surface area (Å²) >= 11 is 4.42. The SMILES string of the molecule is Cc1nc(C)n(CC(CS)C(C)(C)C)n1. The number of thiol groups is 1. The van der Waals surface area contributed by atoms with Crippen LogP contribution < -0.4 is 0 Å². The molecule has 1 heterocycles. The van der Waals surface area contributed by atoms with Crippen LogP contribution in [0.3, 0.4) is 0 Å². The highest BCUT2D eigenvalue weighted by Gasteiger charge is 2.24. The van der Waals surface area contributed by atoms with Gasteiger partial charge in [-0.15, -0.1) is 0 Å². The first kappa shape index (κ1) is 12.6. The Labute approximate surface area is 97.7 Å². The molecule has 1 atom stereocenters. The van der Waals surface area contributed by atoms with E-state index >= 15 is 0 Å². The van der Waals surface area contributed by atoms with Gasteiger partial charge >= 0.3 is 0 Å². The second-order valence-electron chi connectivity index (χ2n) is 5.13. The summed E-state index contributed by atoms with van der Waals surface area (Å²) in [6.45, 7) is 11.6. The first-order valence-corrected chi connectivity index (χ1v) is 5.96. The van der Waals surface area contributed by atoms with Crippen LogP contribution in [0.1, 0.15) is 32.4 Å². The van der Waals surface area contributed by atoms with Crippen molar-refractivity contribution in [2.75, 3.05) is 5.75 Å². The third-order valence-electron chi connectivity index (χ3n) is 2.80. The van der Waals surface area contributed by atoms with E-state index in [1.807, 2.05) is 18.5 Å². The van der Waals surface area contributed by atoms with Crippen molar-refractivity contribution in [1.29, 1.82) is 0 Å². The molecule has 1 unspecified atom stereocenters. The minimum absolute atomic E-state index is 0.258. The summed E-state index contributed by atoms with van der Waals surface area (Å²) in [6.07, 6.45) is 0. The van der Waals surface area contributed by atoms with Gasteiger partial charge in [-0.25, -0.2) is 9.67 Å². The molecule has 0 spiro atoms. The Kier molecular flexibility index (Phi) is 3.82. The highest BCUT2D eigenvalue weighted by molar-refractivity contribution is 7.80. The molecule has 0 saturated heterocycles. The van der Waals surface area contributed by atoms with Gasteiger partial charge in [-0.05, 0) is 30.9 Å². The summed E-state index contributed by atoms with van der Waals surface area (Å²) in [4.78, 5) is 4.31. The molecule has 0 radical (unpaired) electrons. The average molecular weight is 227 g/mol. The Hall–Kier alpha value is -0.510. The lowest BCUT2D eigenvalue weighted by Crippen LogP contribution is -2.27. The Morgan fingerprint density at radius 1 is 1.33 bits per heavy atom. The van der Waals surface area contributed by atoms with E-state index in [2.05, 4.69) is 43.5 Å². The van der Waals surface area contributed by atoms with E-state index in [-0.39, 0.29) is 5.41 Å². The first-order chi connectivity index (χ1) is 6.84. The van der Waals surface area contributed by atoms with Gasteiger partial charge in [0.1, 0.15) is 11.6 Å². The van der Waals surface area contributed by atoms with Crippen molar-refractivity contribution in [3.05, 3.63) is 11.6 Å². The van der Waals surface area contributed by atoms with Crippen LogP contribution in [-0.2, 0) is 6.54 Å². The van der Waals surface area contributed by atoms with Crippen molar-refractivity contribution in [2.24, 2.45) is 11.3 Å². The quantitative estimate of drug-likeness (QED) is 0.804.